The maximum Gasteiger partial charge on any atom is 0.158 e. The van der Waals surface area contributed by atoms with E-state index in [9.17, 15) is 4.79 Å². The summed E-state index contributed by atoms with van der Waals surface area (Å²) < 4.78 is 5.20. The van der Waals surface area contributed by atoms with E-state index in [4.69, 9.17) is 11.2 Å². The smallest absolute Gasteiger partial charge is 0.158 e. The second-order valence-corrected chi connectivity index (χ2v) is 3.53. The summed E-state index contributed by atoms with van der Waals surface area (Å²) >= 11 is 0. The van der Waals surface area contributed by atoms with Gasteiger partial charge in [0.25, 0.3) is 0 Å². The maximum atomic E-state index is 11.4. The van der Waals surface area contributed by atoms with Gasteiger partial charge in [-0.25, -0.2) is 0 Å². The van der Waals surface area contributed by atoms with Crippen LogP contribution < -0.4 is 0 Å². The van der Waals surface area contributed by atoms with Crippen molar-refractivity contribution in [1.82, 2.24) is 0 Å². The minimum Gasteiger partial charge on any atom is -0.380 e. The van der Waals surface area contributed by atoms with E-state index in [0.717, 1.165) is 5.56 Å². The molecule has 0 heterocycles. The lowest BCUT2D eigenvalue weighted by Gasteiger charge is -1.98. The van der Waals surface area contributed by atoms with E-state index in [2.05, 4.69) is 5.92 Å². The summed E-state index contributed by atoms with van der Waals surface area (Å²) in [4.78, 5) is 11.4. The Kier molecular flexibility index (Phi) is 6.47. The van der Waals surface area contributed by atoms with Crippen LogP contribution in [0.5, 0.6) is 0 Å². The molecule has 2 heteroatoms. The molecule has 0 saturated carbocycles. The van der Waals surface area contributed by atoms with Crippen LogP contribution in [0, 0.1) is 12.3 Å². The summed E-state index contributed by atoms with van der Waals surface area (Å²) in [7, 11) is 0. The van der Waals surface area contributed by atoms with Crippen molar-refractivity contribution in [2.75, 3.05) is 13.2 Å². The number of allylic oxidation sites excluding steroid dienone is 1. The summed E-state index contributed by atoms with van der Waals surface area (Å²) in [5, 5.41) is 0. The first-order valence-electron chi connectivity index (χ1n) is 5.60. The summed E-state index contributed by atoms with van der Waals surface area (Å²) in [6.45, 7) is 0.950. The predicted molar refractivity (Wildman–Crippen MR) is 69.4 cm³/mol. The molecule has 0 spiro atoms. The number of rotatable bonds is 7. The number of ketones is 1. The van der Waals surface area contributed by atoms with Crippen molar-refractivity contribution in [2.45, 2.75) is 12.8 Å². The van der Waals surface area contributed by atoms with E-state index in [1.165, 1.54) is 0 Å². The quantitative estimate of drug-likeness (QED) is 0.407. The molecule has 0 N–H and O–H groups in total. The minimum atomic E-state index is 0.0644. The number of carbonyl (C=O) groups is 1. The fraction of sp³-hybridized carbons (Fsp3) is 0.267. The molecule has 0 aromatic heterocycles. The molecule has 0 bridgehead atoms. The standard InChI is InChI=1S/C15H16O2/c1-2-3-12-17-13-11-15(16)10-9-14-7-5-4-6-8-14/h1,4-10H,3,11-13H2. The van der Waals surface area contributed by atoms with Crippen LogP contribution in [0.25, 0.3) is 6.08 Å². The Hall–Kier alpha value is -1.85. The second kappa shape index (κ2) is 8.32. The van der Waals surface area contributed by atoms with Gasteiger partial charge in [0.15, 0.2) is 5.78 Å². The molecule has 2 nitrogen and oxygen atoms in total. The molecule has 17 heavy (non-hydrogen) atoms. The van der Waals surface area contributed by atoms with Gasteiger partial charge in [0, 0.05) is 12.8 Å². The number of ether oxygens (including phenoxy) is 1. The molecule has 0 atom stereocenters. The van der Waals surface area contributed by atoms with Crippen molar-refractivity contribution in [2.24, 2.45) is 0 Å². The lowest BCUT2D eigenvalue weighted by molar-refractivity contribution is -0.115. The number of hydrogen-bond acceptors (Lipinski definition) is 2. The van der Waals surface area contributed by atoms with Crippen molar-refractivity contribution in [1.29, 1.82) is 0 Å². The first kappa shape index (κ1) is 13.2. The number of carbonyl (C=O) groups excluding carboxylic acids is 1. The zero-order chi connectivity index (χ0) is 12.3. The van der Waals surface area contributed by atoms with Crippen LogP contribution in [0.1, 0.15) is 18.4 Å². The summed E-state index contributed by atoms with van der Waals surface area (Å²) in [5.41, 5.74) is 1.02. The molecular weight excluding hydrogens is 212 g/mol. The highest BCUT2D eigenvalue weighted by molar-refractivity contribution is 5.93. The van der Waals surface area contributed by atoms with Crippen molar-refractivity contribution < 1.29 is 9.53 Å². The SMILES string of the molecule is C#CCCOCCC(=O)C=Cc1ccccc1. The summed E-state index contributed by atoms with van der Waals surface area (Å²) in [5.74, 6) is 2.54. The Morgan fingerprint density at radius 3 is 2.76 bits per heavy atom. The summed E-state index contributed by atoms with van der Waals surface area (Å²) in [6.07, 6.45) is 9.46. The van der Waals surface area contributed by atoms with E-state index >= 15 is 0 Å². The molecule has 1 rings (SSSR count). The van der Waals surface area contributed by atoms with Gasteiger partial charge in [-0.2, -0.15) is 0 Å². The lowest BCUT2D eigenvalue weighted by atomic mass is 10.2. The van der Waals surface area contributed by atoms with Crippen LogP contribution in [0.4, 0.5) is 0 Å². The third-order valence-corrected chi connectivity index (χ3v) is 2.14. The van der Waals surface area contributed by atoms with Gasteiger partial charge in [0.1, 0.15) is 0 Å². The largest absolute Gasteiger partial charge is 0.380 e. The van der Waals surface area contributed by atoms with Crippen LogP contribution in [0.3, 0.4) is 0 Å². The highest BCUT2D eigenvalue weighted by atomic mass is 16.5. The highest BCUT2D eigenvalue weighted by Crippen LogP contribution is 2.01. The summed E-state index contributed by atoms with van der Waals surface area (Å²) in [6, 6.07) is 9.72. The Morgan fingerprint density at radius 1 is 1.29 bits per heavy atom. The maximum absolute atomic E-state index is 11.4. The van der Waals surface area contributed by atoms with Gasteiger partial charge in [0.05, 0.1) is 13.2 Å². The van der Waals surface area contributed by atoms with Crippen LogP contribution in [-0.2, 0) is 9.53 Å². The van der Waals surface area contributed by atoms with Crippen molar-refractivity contribution in [3.8, 4) is 12.3 Å². The lowest BCUT2D eigenvalue weighted by Crippen LogP contribution is -2.02. The van der Waals surface area contributed by atoms with Gasteiger partial charge in [-0.05, 0) is 11.6 Å². The molecule has 0 aliphatic rings. The fourth-order valence-electron chi connectivity index (χ4n) is 1.24. The third kappa shape index (κ3) is 6.34. The molecular formula is C15H16O2. The highest BCUT2D eigenvalue weighted by Gasteiger charge is 1.96. The number of benzene rings is 1. The Bertz CT molecular complexity index is 399. The third-order valence-electron chi connectivity index (χ3n) is 2.14. The molecule has 0 amide bonds. The van der Waals surface area contributed by atoms with Crippen molar-refractivity contribution >= 4 is 11.9 Å². The predicted octanol–water partition coefficient (Wildman–Crippen LogP) is 2.70. The number of terminal acetylenes is 1. The van der Waals surface area contributed by atoms with Gasteiger partial charge in [-0.3, -0.25) is 4.79 Å². The molecule has 0 fully saturated rings. The van der Waals surface area contributed by atoms with Gasteiger partial charge in [-0.15, -0.1) is 12.3 Å². The van der Waals surface area contributed by atoms with E-state index in [1.54, 1.807) is 6.08 Å². The van der Waals surface area contributed by atoms with Gasteiger partial charge < -0.3 is 4.74 Å². The average molecular weight is 228 g/mol. The fourth-order valence-corrected chi connectivity index (χ4v) is 1.24. The second-order valence-electron chi connectivity index (χ2n) is 3.53. The van der Waals surface area contributed by atoms with E-state index in [-0.39, 0.29) is 5.78 Å². The monoisotopic (exact) mass is 228 g/mol. The minimum absolute atomic E-state index is 0.0644. The Labute approximate surface area is 102 Å². The molecule has 0 unspecified atom stereocenters. The van der Waals surface area contributed by atoms with Crippen LogP contribution >= 0.6 is 0 Å². The van der Waals surface area contributed by atoms with E-state index in [1.807, 2.05) is 36.4 Å². The van der Waals surface area contributed by atoms with Crippen molar-refractivity contribution in [3.05, 3.63) is 42.0 Å². The molecule has 0 saturated heterocycles. The van der Waals surface area contributed by atoms with Gasteiger partial charge >= 0.3 is 0 Å². The molecule has 1 aromatic rings. The first-order chi connectivity index (χ1) is 8.33. The molecule has 0 aliphatic heterocycles. The topological polar surface area (TPSA) is 26.3 Å². The normalized spacial score (nSPS) is 10.3. The molecule has 0 radical (unpaired) electrons. The van der Waals surface area contributed by atoms with E-state index in [0.29, 0.717) is 26.1 Å². The van der Waals surface area contributed by atoms with Gasteiger partial charge in [-0.1, -0.05) is 36.4 Å². The van der Waals surface area contributed by atoms with Crippen LogP contribution in [0.2, 0.25) is 0 Å². The molecule has 1 aromatic carbocycles. The van der Waals surface area contributed by atoms with Crippen LogP contribution in [-0.4, -0.2) is 19.0 Å². The molecule has 88 valence electrons. The average Bonchev–Trinajstić information content (AvgIpc) is 2.37. The van der Waals surface area contributed by atoms with Crippen LogP contribution in [0.15, 0.2) is 36.4 Å². The zero-order valence-corrected chi connectivity index (χ0v) is 9.76. The Balaban J connectivity index is 2.21. The van der Waals surface area contributed by atoms with Gasteiger partial charge in [0.2, 0.25) is 0 Å². The van der Waals surface area contributed by atoms with Crippen molar-refractivity contribution in [3.63, 3.8) is 0 Å². The van der Waals surface area contributed by atoms with E-state index < -0.39 is 0 Å². The Morgan fingerprint density at radius 2 is 2.06 bits per heavy atom. The molecule has 0 aliphatic carbocycles. The first-order valence-corrected chi connectivity index (χ1v) is 5.60. The number of hydrogen-bond donors (Lipinski definition) is 0. The zero-order valence-electron chi connectivity index (χ0n) is 9.76.